The zero-order valence-corrected chi connectivity index (χ0v) is 12.7. The summed E-state index contributed by atoms with van der Waals surface area (Å²) in [5, 5.41) is 1.21. The number of pyridine rings is 1. The fourth-order valence-corrected chi connectivity index (χ4v) is 2.76. The van der Waals surface area contributed by atoms with Gasteiger partial charge in [-0.15, -0.1) is 0 Å². The van der Waals surface area contributed by atoms with E-state index in [0.29, 0.717) is 0 Å². The molecule has 0 saturated heterocycles. The first-order chi connectivity index (χ1) is 9.92. The zero-order chi connectivity index (χ0) is 14.0. The molecule has 0 aliphatic rings. The van der Waals surface area contributed by atoms with E-state index in [1.54, 1.807) is 0 Å². The lowest BCUT2D eigenvalue weighted by Gasteiger charge is -2.05. The molecule has 0 N–H and O–H groups in total. The predicted octanol–water partition coefficient (Wildman–Crippen LogP) is 5.72. The van der Waals surface area contributed by atoms with E-state index in [-0.39, 0.29) is 0 Å². The summed E-state index contributed by atoms with van der Waals surface area (Å²) in [5.74, 6) is 0. The molecule has 0 bridgehead atoms. The summed E-state index contributed by atoms with van der Waals surface area (Å²) >= 11 is 0. The van der Waals surface area contributed by atoms with Crippen molar-refractivity contribution in [3.8, 4) is 0 Å². The molecule has 1 nitrogen and oxygen atoms in total. The first-order valence-corrected chi connectivity index (χ1v) is 8.16. The summed E-state index contributed by atoms with van der Waals surface area (Å²) in [6, 6.07) is 11.7. The van der Waals surface area contributed by atoms with E-state index >= 15 is 0 Å². The third-order valence-electron chi connectivity index (χ3n) is 3.94. The standard InChI is InChI=1S/C19H26N/c1-2-3-4-5-6-7-8-9-12-17-13-10-15-19-18(17)14-11-16-20-19/h10-11,13,15-16H,2-9,12H2,1H3. The van der Waals surface area contributed by atoms with Crippen molar-refractivity contribution in [3.05, 3.63) is 42.1 Å². The molecule has 1 aromatic carbocycles. The SMILES string of the molecule is CCCCCCCCCCc1cccc2ncc[c]c12. The highest BCUT2D eigenvalue weighted by Gasteiger charge is 2.01. The highest BCUT2D eigenvalue weighted by Crippen LogP contribution is 2.18. The van der Waals surface area contributed by atoms with Gasteiger partial charge in [0.25, 0.3) is 0 Å². The van der Waals surface area contributed by atoms with E-state index in [1.165, 1.54) is 62.3 Å². The Bertz CT molecular complexity index is 499. The molecule has 107 valence electrons. The summed E-state index contributed by atoms with van der Waals surface area (Å²) in [5.41, 5.74) is 2.48. The topological polar surface area (TPSA) is 12.9 Å². The maximum atomic E-state index is 4.40. The Labute approximate surface area is 123 Å². The van der Waals surface area contributed by atoms with Crippen molar-refractivity contribution in [1.82, 2.24) is 4.98 Å². The van der Waals surface area contributed by atoms with Gasteiger partial charge in [0, 0.05) is 11.6 Å². The van der Waals surface area contributed by atoms with Crippen LogP contribution in [0.25, 0.3) is 10.9 Å². The summed E-state index contributed by atoms with van der Waals surface area (Å²) < 4.78 is 0. The van der Waals surface area contributed by atoms with Gasteiger partial charge in [0.15, 0.2) is 0 Å². The van der Waals surface area contributed by atoms with Crippen molar-refractivity contribution in [2.24, 2.45) is 0 Å². The van der Waals surface area contributed by atoms with Crippen LogP contribution in [-0.2, 0) is 6.42 Å². The molecule has 1 radical (unpaired) electrons. The van der Waals surface area contributed by atoms with Crippen LogP contribution in [0.1, 0.15) is 63.9 Å². The number of aryl methyl sites for hydroxylation is 1. The van der Waals surface area contributed by atoms with Gasteiger partial charge in [-0.1, -0.05) is 64.0 Å². The minimum Gasteiger partial charge on any atom is -0.256 e. The molecule has 0 unspecified atom stereocenters. The van der Waals surface area contributed by atoms with Gasteiger partial charge >= 0.3 is 0 Å². The van der Waals surface area contributed by atoms with Gasteiger partial charge in [0.2, 0.25) is 0 Å². The van der Waals surface area contributed by atoms with Crippen LogP contribution in [0.15, 0.2) is 30.5 Å². The summed E-state index contributed by atoms with van der Waals surface area (Å²) in [7, 11) is 0. The van der Waals surface area contributed by atoms with E-state index < -0.39 is 0 Å². The summed E-state index contributed by atoms with van der Waals surface area (Å²) in [4.78, 5) is 4.40. The van der Waals surface area contributed by atoms with Crippen molar-refractivity contribution in [3.63, 3.8) is 0 Å². The van der Waals surface area contributed by atoms with Gasteiger partial charge in [0.1, 0.15) is 0 Å². The minimum atomic E-state index is 1.07. The largest absolute Gasteiger partial charge is 0.256 e. The van der Waals surface area contributed by atoms with Crippen LogP contribution in [0.4, 0.5) is 0 Å². The number of benzene rings is 1. The summed E-state index contributed by atoms with van der Waals surface area (Å²) in [6.45, 7) is 2.27. The van der Waals surface area contributed by atoms with Crippen LogP contribution >= 0.6 is 0 Å². The molecule has 1 aromatic heterocycles. The van der Waals surface area contributed by atoms with Crippen LogP contribution < -0.4 is 0 Å². The van der Waals surface area contributed by atoms with Crippen molar-refractivity contribution >= 4 is 10.9 Å². The first kappa shape index (κ1) is 15.0. The lowest BCUT2D eigenvalue weighted by atomic mass is 10.0. The molecule has 0 spiro atoms. The number of unbranched alkanes of at least 4 members (excludes halogenated alkanes) is 7. The maximum absolute atomic E-state index is 4.40. The number of nitrogens with zero attached hydrogens (tertiary/aromatic N) is 1. The highest BCUT2D eigenvalue weighted by atomic mass is 14.6. The third-order valence-corrected chi connectivity index (χ3v) is 3.94. The zero-order valence-electron chi connectivity index (χ0n) is 12.7. The van der Waals surface area contributed by atoms with Gasteiger partial charge in [-0.3, -0.25) is 4.98 Å². The van der Waals surface area contributed by atoms with Crippen LogP contribution in [0.2, 0.25) is 0 Å². The van der Waals surface area contributed by atoms with Crippen LogP contribution in [0.5, 0.6) is 0 Å². The molecule has 2 aromatic rings. The highest BCUT2D eigenvalue weighted by molar-refractivity contribution is 5.81. The smallest absolute Gasteiger partial charge is 0.0710 e. The fraction of sp³-hybridized carbons (Fsp3) is 0.526. The molecule has 0 fully saturated rings. The number of aromatic nitrogens is 1. The maximum Gasteiger partial charge on any atom is 0.0710 e. The van der Waals surface area contributed by atoms with Crippen LogP contribution in [0.3, 0.4) is 0 Å². The molecule has 2 rings (SSSR count). The summed E-state index contributed by atoms with van der Waals surface area (Å²) in [6.07, 6.45) is 14.0. The molecule has 1 heteroatoms. The Kier molecular flexibility index (Phi) is 6.56. The average molecular weight is 268 g/mol. The lowest BCUT2D eigenvalue weighted by Crippen LogP contribution is -1.89. The van der Waals surface area contributed by atoms with Crippen LogP contribution in [0, 0.1) is 6.07 Å². The quantitative estimate of drug-likeness (QED) is 0.530. The minimum absolute atomic E-state index is 1.07. The molecular weight excluding hydrogens is 242 g/mol. The van der Waals surface area contributed by atoms with Crippen molar-refractivity contribution in [2.45, 2.75) is 64.7 Å². The third kappa shape index (κ3) is 4.63. The van der Waals surface area contributed by atoms with E-state index in [4.69, 9.17) is 0 Å². The van der Waals surface area contributed by atoms with E-state index in [2.05, 4.69) is 36.2 Å². The van der Waals surface area contributed by atoms with E-state index in [0.717, 1.165) is 11.9 Å². The normalized spacial score (nSPS) is 11.1. The number of hydrogen-bond acceptors (Lipinski definition) is 1. The van der Waals surface area contributed by atoms with Gasteiger partial charge in [-0.05, 0) is 36.6 Å². The second-order valence-electron chi connectivity index (χ2n) is 5.63. The molecule has 0 aliphatic heterocycles. The second-order valence-corrected chi connectivity index (χ2v) is 5.63. The molecule has 20 heavy (non-hydrogen) atoms. The lowest BCUT2D eigenvalue weighted by molar-refractivity contribution is 0.576. The van der Waals surface area contributed by atoms with E-state index in [1.807, 2.05) is 12.3 Å². The Balaban J connectivity index is 1.71. The van der Waals surface area contributed by atoms with Crippen molar-refractivity contribution in [2.75, 3.05) is 0 Å². The van der Waals surface area contributed by atoms with Gasteiger partial charge < -0.3 is 0 Å². The fourth-order valence-electron chi connectivity index (χ4n) is 2.76. The van der Waals surface area contributed by atoms with Crippen molar-refractivity contribution < 1.29 is 0 Å². The Hall–Kier alpha value is -1.37. The second kappa shape index (κ2) is 8.73. The number of hydrogen-bond donors (Lipinski definition) is 0. The average Bonchev–Trinajstić information content (AvgIpc) is 2.50. The predicted molar refractivity (Wildman–Crippen MR) is 86.9 cm³/mol. The van der Waals surface area contributed by atoms with Gasteiger partial charge in [-0.2, -0.15) is 0 Å². The monoisotopic (exact) mass is 268 g/mol. The number of fused-ring (bicyclic) bond motifs is 1. The first-order valence-electron chi connectivity index (χ1n) is 8.16. The molecule has 0 aliphatic carbocycles. The van der Waals surface area contributed by atoms with Crippen LogP contribution in [-0.4, -0.2) is 4.98 Å². The Morgan fingerprint density at radius 1 is 0.950 bits per heavy atom. The molecule has 0 atom stereocenters. The van der Waals surface area contributed by atoms with Crippen molar-refractivity contribution in [1.29, 1.82) is 0 Å². The molecular formula is C19H26N. The Morgan fingerprint density at radius 3 is 2.50 bits per heavy atom. The van der Waals surface area contributed by atoms with Gasteiger partial charge in [-0.25, -0.2) is 0 Å². The molecule has 1 heterocycles. The molecule has 0 saturated carbocycles. The molecule has 0 amide bonds. The Morgan fingerprint density at radius 2 is 1.70 bits per heavy atom. The van der Waals surface area contributed by atoms with Gasteiger partial charge in [0.05, 0.1) is 5.52 Å². The van der Waals surface area contributed by atoms with E-state index in [9.17, 15) is 0 Å². The number of rotatable bonds is 9.